The molecule has 1 saturated heterocycles. The number of hydrogen-bond donors (Lipinski definition) is 3. The molecule has 8 heteroatoms. The van der Waals surface area contributed by atoms with Crippen molar-refractivity contribution in [2.24, 2.45) is 5.73 Å². The Labute approximate surface area is 108 Å². The zero-order valence-corrected chi connectivity index (χ0v) is 11.5. The number of carbonyl (C=O) groups excluding carboxylic acids is 1. The summed E-state index contributed by atoms with van der Waals surface area (Å²) in [6.07, 6.45) is 2.34. The maximum absolute atomic E-state index is 12.1. The van der Waals surface area contributed by atoms with E-state index < -0.39 is 16.1 Å². The first-order chi connectivity index (χ1) is 8.47. The average molecular weight is 278 g/mol. The maximum Gasteiger partial charge on any atom is 0.280 e. The molecule has 1 amide bonds. The minimum atomic E-state index is -3.64. The van der Waals surface area contributed by atoms with Gasteiger partial charge in [-0.2, -0.15) is 12.7 Å². The highest BCUT2D eigenvalue weighted by atomic mass is 32.2. The molecule has 1 aliphatic heterocycles. The summed E-state index contributed by atoms with van der Waals surface area (Å²) in [5.74, 6) is -0.637. The Kier molecular flexibility index (Phi) is 6.00. The quantitative estimate of drug-likeness (QED) is 0.542. The average Bonchev–Trinajstić information content (AvgIpc) is 2.34. The summed E-state index contributed by atoms with van der Waals surface area (Å²) in [4.78, 5) is 11.0. The summed E-state index contributed by atoms with van der Waals surface area (Å²) in [5.41, 5.74) is 5.13. The fraction of sp³-hybridized carbons (Fsp3) is 0.900. The molecule has 4 N–H and O–H groups in total. The molecule has 106 valence electrons. The van der Waals surface area contributed by atoms with Crippen LogP contribution in [-0.2, 0) is 15.0 Å². The lowest BCUT2D eigenvalue weighted by molar-refractivity contribution is -0.118. The second-order valence-electron chi connectivity index (χ2n) is 4.41. The first-order valence-corrected chi connectivity index (χ1v) is 7.67. The van der Waals surface area contributed by atoms with Crippen LogP contribution in [0.2, 0.25) is 0 Å². The minimum Gasteiger partial charge on any atom is -0.369 e. The van der Waals surface area contributed by atoms with E-state index in [9.17, 15) is 13.2 Å². The molecule has 0 bridgehead atoms. The third-order valence-electron chi connectivity index (χ3n) is 2.83. The Morgan fingerprint density at radius 3 is 2.78 bits per heavy atom. The lowest BCUT2D eigenvalue weighted by Gasteiger charge is -2.32. The van der Waals surface area contributed by atoms with E-state index in [1.54, 1.807) is 0 Å². The van der Waals surface area contributed by atoms with Crippen molar-refractivity contribution in [3.05, 3.63) is 0 Å². The van der Waals surface area contributed by atoms with Crippen molar-refractivity contribution < 1.29 is 13.2 Å². The molecule has 1 fully saturated rings. The van der Waals surface area contributed by atoms with Crippen LogP contribution >= 0.6 is 0 Å². The molecular formula is C10H22N4O3S. The fourth-order valence-electron chi connectivity index (χ4n) is 1.96. The zero-order chi connectivity index (χ0) is 13.6. The number of hydrogen-bond acceptors (Lipinski definition) is 4. The van der Waals surface area contributed by atoms with Gasteiger partial charge in [0.05, 0.1) is 6.54 Å². The van der Waals surface area contributed by atoms with Crippen molar-refractivity contribution in [3.63, 3.8) is 0 Å². The van der Waals surface area contributed by atoms with Crippen molar-refractivity contribution in [1.82, 2.24) is 14.3 Å². The van der Waals surface area contributed by atoms with Gasteiger partial charge in [0.15, 0.2) is 0 Å². The minimum absolute atomic E-state index is 0.208. The van der Waals surface area contributed by atoms with E-state index in [0.29, 0.717) is 19.5 Å². The largest absolute Gasteiger partial charge is 0.369 e. The number of nitrogens with two attached hydrogens (primary N) is 1. The second-order valence-corrected chi connectivity index (χ2v) is 6.12. The number of piperidine rings is 1. The third kappa shape index (κ3) is 4.52. The number of primary amides is 1. The van der Waals surface area contributed by atoms with E-state index in [0.717, 1.165) is 19.4 Å². The van der Waals surface area contributed by atoms with Crippen LogP contribution in [0.1, 0.15) is 26.2 Å². The molecular weight excluding hydrogens is 256 g/mol. The number of nitrogens with one attached hydrogen (secondary N) is 2. The first-order valence-electron chi connectivity index (χ1n) is 6.23. The van der Waals surface area contributed by atoms with E-state index in [2.05, 4.69) is 10.0 Å². The standard InChI is InChI=1S/C10H22N4O3S/c1-2-5-13-18(16,17)14(8-10(11)15)9-4-3-6-12-7-9/h9,12-13H,2-8H2,1H3,(H2,11,15). The van der Waals surface area contributed by atoms with Gasteiger partial charge in [0.25, 0.3) is 10.2 Å². The molecule has 1 aliphatic rings. The van der Waals surface area contributed by atoms with Gasteiger partial charge in [-0.3, -0.25) is 4.79 Å². The van der Waals surface area contributed by atoms with Gasteiger partial charge >= 0.3 is 0 Å². The van der Waals surface area contributed by atoms with Gasteiger partial charge in [-0.25, -0.2) is 4.72 Å². The van der Waals surface area contributed by atoms with Crippen LogP contribution in [-0.4, -0.2) is 50.9 Å². The predicted octanol–water partition coefficient (Wildman–Crippen LogP) is -1.23. The summed E-state index contributed by atoms with van der Waals surface area (Å²) >= 11 is 0. The van der Waals surface area contributed by atoms with Gasteiger partial charge in [0, 0.05) is 19.1 Å². The van der Waals surface area contributed by atoms with Crippen LogP contribution in [0.3, 0.4) is 0 Å². The van der Waals surface area contributed by atoms with E-state index in [1.165, 1.54) is 4.31 Å². The molecule has 1 atom stereocenters. The smallest absolute Gasteiger partial charge is 0.280 e. The van der Waals surface area contributed by atoms with Gasteiger partial charge in [-0.1, -0.05) is 6.92 Å². The van der Waals surface area contributed by atoms with E-state index in [-0.39, 0.29) is 12.6 Å². The molecule has 0 saturated carbocycles. The molecule has 0 aliphatic carbocycles. The van der Waals surface area contributed by atoms with Crippen molar-refractivity contribution in [2.45, 2.75) is 32.2 Å². The normalized spacial score (nSPS) is 21.1. The molecule has 1 rings (SSSR count). The topological polar surface area (TPSA) is 105 Å². The highest BCUT2D eigenvalue weighted by molar-refractivity contribution is 7.87. The summed E-state index contributed by atoms with van der Waals surface area (Å²) in [7, 11) is -3.64. The summed E-state index contributed by atoms with van der Waals surface area (Å²) in [5, 5.41) is 3.13. The first kappa shape index (κ1) is 15.4. The van der Waals surface area contributed by atoms with Crippen molar-refractivity contribution in [3.8, 4) is 0 Å². The Morgan fingerprint density at radius 2 is 2.28 bits per heavy atom. The van der Waals surface area contributed by atoms with Gasteiger partial charge in [-0.05, 0) is 25.8 Å². The lowest BCUT2D eigenvalue weighted by Crippen LogP contribution is -2.54. The van der Waals surface area contributed by atoms with Gasteiger partial charge in [0.2, 0.25) is 5.91 Å². The van der Waals surface area contributed by atoms with Crippen LogP contribution in [0, 0.1) is 0 Å². The molecule has 1 unspecified atom stereocenters. The Bertz CT molecular complexity index is 365. The molecule has 7 nitrogen and oxygen atoms in total. The Morgan fingerprint density at radius 1 is 1.56 bits per heavy atom. The van der Waals surface area contributed by atoms with Crippen LogP contribution in [0.15, 0.2) is 0 Å². The van der Waals surface area contributed by atoms with E-state index >= 15 is 0 Å². The van der Waals surface area contributed by atoms with Gasteiger partial charge < -0.3 is 11.1 Å². The molecule has 0 radical (unpaired) electrons. The fourth-order valence-corrected chi connectivity index (χ4v) is 3.45. The molecule has 0 aromatic carbocycles. The Balaban J connectivity index is 2.78. The number of nitrogens with zero attached hydrogens (tertiary/aromatic N) is 1. The molecule has 18 heavy (non-hydrogen) atoms. The molecule has 0 aromatic heterocycles. The maximum atomic E-state index is 12.1. The van der Waals surface area contributed by atoms with Crippen LogP contribution in [0.5, 0.6) is 0 Å². The number of carbonyl (C=O) groups is 1. The van der Waals surface area contributed by atoms with Crippen LogP contribution in [0.4, 0.5) is 0 Å². The zero-order valence-electron chi connectivity index (χ0n) is 10.7. The van der Waals surface area contributed by atoms with E-state index in [1.807, 2.05) is 6.92 Å². The number of amides is 1. The lowest BCUT2D eigenvalue weighted by atomic mass is 10.1. The molecule has 1 heterocycles. The summed E-state index contributed by atoms with van der Waals surface area (Å²) < 4.78 is 27.9. The third-order valence-corrected chi connectivity index (χ3v) is 4.45. The van der Waals surface area contributed by atoms with Crippen molar-refractivity contribution >= 4 is 16.1 Å². The Hall–Kier alpha value is -0.700. The van der Waals surface area contributed by atoms with Gasteiger partial charge in [0.1, 0.15) is 0 Å². The van der Waals surface area contributed by atoms with Crippen molar-refractivity contribution in [1.29, 1.82) is 0 Å². The summed E-state index contributed by atoms with van der Waals surface area (Å²) in [6.45, 7) is 3.40. The SMILES string of the molecule is CCCNS(=O)(=O)N(CC(N)=O)C1CCCNC1. The van der Waals surface area contributed by atoms with Gasteiger partial charge in [-0.15, -0.1) is 0 Å². The summed E-state index contributed by atoms with van der Waals surface area (Å²) in [6, 6.07) is -0.208. The van der Waals surface area contributed by atoms with Crippen LogP contribution < -0.4 is 15.8 Å². The number of rotatable bonds is 7. The van der Waals surface area contributed by atoms with Crippen molar-refractivity contribution in [2.75, 3.05) is 26.2 Å². The van der Waals surface area contributed by atoms with E-state index in [4.69, 9.17) is 5.73 Å². The predicted molar refractivity (Wildman–Crippen MR) is 69.0 cm³/mol. The monoisotopic (exact) mass is 278 g/mol. The molecule has 0 aromatic rings. The molecule has 0 spiro atoms. The highest BCUT2D eigenvalue weighted by Gasteiger charge is 2.31. The van der Waals surface area contributed by atoms with Crippen LogP contribution in [0.25, 0.3) is 0 Å². The second kappa shape index (κ2) is 7.03. The highest BCUT2D eigenvalue weighted by Crippen LogP contribution is 2.13.